The number of esters is 1. The molecule has 1 N–H and O–H groups in total. The van der Waals surface area contributed by atoms with Crippen LogP contribution in [0.15, 0.2) is 18.2 Å². The van der Waals surface area contributed by atoms with E-state index in [1.165, 1.54) is 51.3 Å². The topological polar surface area (TPSA) is 98.5 Å². The smallest absolute Gasteiger partial charge is 0.339 e. The van der Waals surface area contributed by atoms with Crippen LogP contribution in [-0.4, -0.2) is 29.4 Å². The van der Waals surface area contributed by atoms with Crippen LogP contribution in [0.4, 0.5) is 5.69 Å². The molecule has 0 aliphatic heterocycles. The van der Waals surface area contributed by atoms with Gasteiger partial charge in [-0.1, -0.05) is 25.3 Å². The van der Waals surface area contributed by atoms with Crippen molar-refractivity contribution in [3.05, 3.63) is 39.4 Å². The van der Waals surface area contributed by atoms with E-state index in [0.29, 0.717) is 12.5 Å². The number of amides is 1. The highest BCUT2D eigenvalue weighted by Gasteiger charge is 2.24. The fourth-order valence-electron chi connectivity index (χ4n) is 3.10. The lowest BCUT2D eigenvalue weighted by Gasteiger charge is -2.22. The molecule has 25 heavy (non-hydrogen) atoms. The van der Waals surface area contributed by atoms with E-state index in [2.05, 4.69) is 5.32 Å². The maximum absolute atomic E-state index is 12.2. The van der Waals surface area contributed by atoms with Gasteiger partial charge < -0.3 is 10.1 Å². The molecule has 7 nitrogen and oxygen atoms in total. The normalized spacial score (nSPS) is 16.1. The average Bonchev–Trinajstić information content (AvgIpc) is 2.60. The molecule has 1 aliphatic carbocycles. The summed E-state index contributed by atoms with van der Waals surface area (Å²) in [4.78, 5) is 34.8. The van der Waals surface area contributed by atoms with Crippen molar-refractivity contribution in [1.82, 2.24) is 5.32 Å². The van der Waals surface area contributed by atoms with E-state index < -0.39 is 17.0 Å². The zero-order chi connectivity index (χ0) is 18.4. The first-order valence-corrected chi connectivity index (χ1v) is 8.63. The van der Waals surface area contributed by atoms with Crippen LogP contribution in [0.1, 0.15) is 54.9 Å². The minimum atomic E-state index is -0.949. The Morgan fingerprint density at radius 1 is 1.32 bits per heavy atom. The Hall–Kier alpha value is -2.44. The van der Waals surface area contributed by atoms with Gasteiger partial charge in [-0.15, -0.1) is 0 Å². The van der Waals surface area contributed by atoms with Crippen molar-refractivity contribution in [2.24, 2.45) is 5.92 Å². The highest BCUT2D eigenvalue weighted by atomic mass is 16.6. The zero-order valence-electron chi connectivity index (χ0n) is 14.6. The lowest BCUT2D eigenvalue weighted by atomic mass is 9.89. The Balaban J connectivity index is 1.92. The summed E-state index contributed by atoms with van der Waals surface area (Å²) >= 11 is 0. The molecule has 0 radical (unpaired) electrons. The molecule has 1 saturated carbocycles. The van der Waals surface area contributed by atoms with Crippen molar-refractivity contribution in [3.8, 4) is 0 Å². The number of nitrogens with zero attached hydrogens (tertiary/aromatic N) is 1. The molecule has 2 rings (SSSR count). The van der Waals surface area contributed by atoms with E-state index in [-0.39, 0.29) is 22.7 Å². The molecule has 0 aromatic heterocycles. The van der Waals surface area contributed by atoms with E-state index in [1.54, 1.807) is 0 Å². The minimum Gasteiger partial charge on any atom is -0.449 e. The van der Waals surface area contributed by atoms with Crippen LogP contribution in [0.2, 0.25) is 0 Å². The van der Waals surface area contributed by atoms with Crippen LogP contribution in [0.25, 0.3) is 0 Å². The number of nitro benzene ring substituents is 1. The highest BCUT2D eigenvalue weighted by Crippen LogP contribution is 2.23. The van der Waals surface area contributed by atoms with Crippen LogP contribution < -0.4 is 5.32 Å². The van der Waals surface area contributed by atoms with E-state index >= 15 is 0 Å². The van der Waals surface area contributed by atoms with Gasteiger partial charge in [-0.2, -0.15) is 0 Å². The Morgan fingerprint density at radius 3 is 2.64 bits per heavy atom. The molecule has 136 valence electrons. The molecule has 1 atom stereocenters. The molecular weight excluding hydrogens is 324 g/mol. The maximum Gasteiger partial charge on any atom is 0.339 e. The van der Waals surface area contributed by atoms with Crippen molar-refractivity contribution in [1.29, 1.82) is 0 Å². The second kappa shape index (κ2) is 8.60. The number of carbonyl (C=O) groups is 2. The molecule has 0 heterocycles. The number of carbonyl (C=O) groups excluding carboxylic acids is 2. The van der Waals surface area contributed by atoms with Crippen LogP contribution in [0.3, 0.4) is 0 Å². The third kappa shape index (κ3) is 5.01. The molecule has 1 aromatic rings. The summed E-state index contributed by atoms with van der Waals surface area (Å²) in [7, 11) is 0. The zero-order valence-corrected chi connectivity index (χ0v) is 14.6. The number of hydrogen-bond acceptors (Lipinski definition) is 5. The largest absolute Gasteiger partial charge is 0.449 e. The van der Waals surface area contributed by atoms with Gasteiger partial charge in [-0.05, 0) is 38.7 Å². The average molecular weight is 348 g/mol. The van der Waals surface area contributed by atoms with Crippen molar-refractivity contribution in [2.75, 3.05) is 6.54 Å². The fraction of sp³-hybridized carbons (Fsp3) is 0.556. The lowest BCUT2D eigenvalue weighted by molar-refractivity contribution is -0.385. The summed E-state index contributed by atoms with van der Waals surface area (Å²) in [5.74, 6) is -0.594. The molecule has 7 heteroatoms. The second-order valence-electron chi connectivity index (χ2n) is 6.50. The van der Waals surface area contributed by atoms with Gasteiger partial charge in [-0.3, -0.25) is 14.9 Å². The van der Waals surface area contributed by atoms with E-state index in [0.717, 1.165) is 12.8 Å². The molecular formula is C18H24N2O5. The Bertz CT molecular complexity index is 653. The standard InChI is InChI=1S/C18H24N2O5/c1-12-15(9-6-10-16(12)20(23)24)18(22)25-13(2)17(21)19-11-14-7-4-3-5-8-14/h6,9-10,13-14H,3-5,7-8,11H2,1-2H3,(H,19,21). The lowest BCUT2D eigenvalue weighted by Crippen LogP contribution is -2.38. The summed E-state index contributed by atoms with van der Waals surface area (Å²) in [6.07, 6.45) is 4.91. The van der Waals surface area contributed by atoms with Gasteiger partial charge in [0.15, 0.2) is 6.10 Å². The van der Waals surface area contributed by atoms with Gasteiger partial charge in [0, 0.05) is 18.2 Å². The monoisotopic (exact) mass is 348 g/mol. The van der Waals surface area contributed by atoms with Crippen molar-refractivity contribution < 1.29 is 19.2 Å². The highest BCUT2D eigenvalue weighted by molar-refractivity contribution is 5.94. The van der Waals surface area contributed by atoms with Crippen LogP contribution >= 0.6 is 0 Å². The summed E-state index contributed by atoms with van der Waals surface area (Å²) in [6.45, 7) is 3.58. The molecule has 1 aliphatic rings. The number of nitro groups is 1. The molecule has 0 saturated heterocycles. The quantitative estimate of drug-likeness (QED) is 0.484. The molecule has 1 unspecified atom stereocenters. The van der Waals surface area contributed by atoms with Gasteiger partial charge in [0.2, 0.25) is 0 Å². The number of nitrogens with one attached hydrogen (secondary N) is 1. The van der Waals surface area contributed by atoms with E-state index in [9.17, 15) is 19.7 Å². The van der Waals surface area contributed by atoms with Gasteiger partial charge in [0.25, 0.3) is 11.6 Å². The molecule has 1 amide bonds. The summed E-state index contributed by atoms with van der Waals surface area (Å²) in [6, 6.07) is 4.21. The molecule has 0 bridgehead atoms. The van der Waals surface area contributed by atoms with Crippen molar-refractivity contribution >= 4 is 17.6 Å². The van der Waals surface area contributed by atoms with Crippen LogP contribution in [0.5, 0.6) is 0 Å². The number of benzene rings is 1. The van der Waals surface area contributed by atoms with Gasteiger partial charge in [0.1, 0.15) is 0 Å². The molecule has 1 aromatic carbocycles. The first-order chi connectivity index (χ1) is 11.9. The van der Waals surface area contributed by atoms with E-state index in [1.807, 2.05) is 0 Å². The van der Waals surface area contributed by atoms with Crippen molar-refractivity contribution in [3.63, 3.8) is 0 Å². The SMILES string of the molecule is Cc1c(C(=O)OC(C)C(=O)NCC2CCCCC2)cccc1[N+](=O)[O-]. The fourth-order valence-corrected chi connectivity index (χ4v) is 3.10. The summed E-state index contributed by atoms with van der Waals surface area (Å²) < 4.78 is 5.18. The number of hydrogen-bond donors (Lipinski definition) is 1. The summed E-state index contributed by atoms with van der Waals surface area (Å²) in [5, 5.41) is 13.8. The Morgan fingerprint density at radius 2 is 2.00 bits per heavy atom. The van der Waals surface area contributed by atoms with E-state index in [4.69, 9.17) is 4.74 Å². The van der Waals surface area contributed by atoms with Crippen molar-refractivity contribution in [2.45, 2.75) is 52.1 Å². The molecule has 0 spiro atoms. The van der Waals surface area contributed by atoms with Crippen LogP contribution in [-0.2, 0) is 9.53 Å². The predicted molar refractivity (Wildman–Crippen MR) is 92.3 cm³/mol. The third-order valence-corrected chi connectivity index (χ3v) is 4.66. The first-order valence-electron chi connectivity index (χ1n) is 8.63. The number of rotatable bonds is 6. The minimum absolute atomic E-state index is 0.0983. The Labute approximate surface area is 146 Å². The summed E-state index contributed by atoms with van der Waals surface area (Å²) in [5.41, 5.74) is 0.178. The van der Waals surface area contributed by atoms with Gasteiger partial charge in [-0.25, -0.2) is 4.79 Å². The third-order valence-electron chi connectivity index (χ3n) is 4.66. The van der Waals surface area contributed by atoms with Gasteiger partial charge in [0.05, 0.1) is 10.5 Å². The first kappa shape index (κ1) is 18.9. The van der Waals surface area contributed by atoms with Gasteiger partial charge >= 0.3 is 5.97 Å². The predicted octanol–water partition coefficient (Wildman–Crippen LogP) is 3.15. The second-order valence-corrected chi connectivity index (χ2v) is 6.50. The van der Waals surface area contributed by atoms with Crippen LogP contribution in [0, 0.1) is 23.0 Å². The maximum atomic E-state index is 12.2. The number of ether oxygens (including phenoxy) is 1. The molecule has 1 fully saturated rings. The Kier molecular flexibility index (Phi) is 6.50.